The summed E-state index contributed by atoms with van der Waals surface area (Å²) in [5.74, 6) is -1.01. The van der Waals surface area contributed by atoms with E-state index in [4.69, 9.17) is 34.8 Å². The second-order valence-electron chi connectivity index (χ2n) is 8.35. The maximum Gasteiger partial charge on any atom is 0.264 e. The molecule has 0 saturated carbocycles. The molecule has 0 radical (unpaired) electrons. The second-order valence-corrected chi connectivity index (χ2v) is 11.5. The first-order valence-corrected chi connectivity index (χ1v) is 13.8. The first-order valence-electron chi connectivity index (χ1n) is 11.2. The van der Waals surface area contributed by atoms with E-state index in [2.05, 4.69) is 5.32 Å². The molecule has 11 heteroatoms. The molecule has 3 aromatic rings. The third-order valence-electron chi connectivity index (χ3n) is 5.77. The SMILES string of the molecule is CNC(=O)C(C)N(Cc1ccc(Cl)cc1Cl)C(=O)CN(c1ccc(C)cc1)S(=O)(=O)c1ccc(Cl)cc1. The van der Waals surface area contributed by atoms with Gasteiger partial charge in [0, 0.05) is 28.7 Å². The molecule has 2 amide bonds. The number of nitrogens with one attached hydrogen (secondary N) is 1. The molecule has 0 aliphatic carbocycles. The van der Waals surface area contributed by atoms with Crippen molar-refractivity contribution >= 4 is 62.3 Å². The molecule has 0 bridgehead atoms. The number of carbonyl (C=O) groups is 2. The van der Waals surface area contributed by atoms with Crippen LogP contribution in [0.3, 0.4) is 0 Å². The number of rotatable bonds is 9. The van der Waals surface area contributed by atoms with Crippen molar-refractivity contribution in [3.63, 3.8) is 0 Å². The minimum atomic E-state index is -4.17. The van der Waals surface area contributed by atoms with Crippen LogP contribution in [0.2, 0.25) is 15.1 Å². The van der Waals surface area contributed by atoms with Gasteiger partial charge >= 0.3 is 0 Å². The normalized spacial score (nSPS) is 12.1. The molecule has 0 aliphatic rings. The van der Waals surface area contributed by atoms with Crippen molar-refractivity contribution in [1.82, 2.24) is 10.2 Å². The van der Waals surface area contributed by atoms with Crippen LogP contribution in [0.25, 0.3) is 0 Å². The van der Waals surface area contributed by atoms with Gasteiger partial charge in [-0.1, -0.05) is 58.6 Å². The molecule has 196 valence electrons. The van der Waals surface area contributed by atoms with Crippen molar-refractivity contribution in [2.24, 2.45) is 0 Å². The van der Waals surface area contributed by atoms with Gasteiger partial charge in [0.15, 0.2) is 0 Å². The highest BCUT2D eigenvalue weighted by Crippen LogP contribution is 2.27. The monoisotopic (exact) mass is 581 g/mol. The molecular weight excluding hydrogens is 557 g/mol. The minimum Gasteiger partial charge on any atom is -0.357 e. The molecule has 1 atom stereocenters. The fourth-order valence-corrected chi connectivity index (χ4v) is 5.61. The molecule has 3 rings (SSSR count). The van der Waals surface area contributed by atoms with Gasteiger partial charge in [-0.05, 0) is 67.9 Å². The van der Waals surface area contributed by atoms with Crippen LogP contribution in [-0.4, -0.2) is 44.8 Å². The molecule has 1 unspecified atom stereocenters. The molecule has 0 heterocycles. The van der Waals surface area contributed by atoms with E-state index in [0.717, 1.165) is 9.87 Å². The van der Waals surface area contributed by atoms with Crippen molar-refractivity contribution in [1.29, 1.82) is 0 Å². The van der Waals surface area contributed by atoms with E-state index >= 15 is 0 Å². The van der Waals surface area contributed by atoms with E-state index in [0.29, 0.717) is 26.3 Å². The molecule has 0 spiro atoms. The van der Waals surface area contributed by atoms with E-state index in [-0.39, 0.29) is 11.4 Å². The van der Waals surface area contributed by atoms with Gasteiger partial charge in [-0.15, -0.1) is 0 Å². The highest BCUT2D eigenvalue weighted by Gasteiger charge is 2.32. The maximum absolute atomic E-state index is 13.7. The first-order chi connectivity index (χ1) is 17.4. The zero-order chi connectivity index (χ0) is 27.3. The summed E-state index contributed by atoms with van der Waals surface area (Å²) in [6, 6.07) is 16.3. The van der Waals surface area contributed by atoms with Crippen LogP contribution in [0.1, 0.15) is 18.1 Å². The van der Waals surface area contributed by atoms with Gasteiger partial charge in [-0.25, -0.2) is 8.42 Å². The van der Waals surface area contributed by atoms with Crippen LogP contribution in [0, 0.1) is 6.92 Å². The number of likely N-dealkylation sites (N-methyl/N-ethyl adjacent to an activating group) is 1. The number of aryl methyl sites for hydroxylation is 1. The Balaban J connectivity index is 2.04. The summed E-state index contributed by atoms with van der Waals surface area (Å²) in [5.41, 5.74) is 1.77. The Hall–Kier alpha value is -2.78. The largest absolute Gasteiger partial charge is 0.357 e. The summed E-state index contributed by atoms with van der Waals surface area (Å²) in [5, 5.41) is 3.65. The van der Waals surface area contributed by atoms with Crippen LogP contribution in [0.5, 0.6) is 0 Å². The van der Waals surface area contributed by atoms with Gasteiger partial charge < -0.3 is 10.2 Å². The molecule has 0 aliphatic heterocycles. The lowest BCUT2D eigenvalue weighted by Gasteiger charge is -2.32. The van der Waals surface area contributed by atoms with Crippen LogP contribution < -0.4 is 9.62 Å². The molecule has 0 fully saturated rings. The smallest absolute Gasteiger partial charge is 0.264 e. The molecule has 37 heavy (non-hydrogen) atoms. The Morgan fingerprint density at radius 2 is 1.51 bits per heavy atom. The van der Waals surface area contributed by atoms with Gasteiger partial charge in [0.1, 0.15) is 12.6 Å². The Morgan fingerprint density at radius 3 is 2.08 bits per heavy atom. The Bertz CT molecular complexity index is 1380. The standard InChI is InChI=1S/C26H26Cl3N3O4S/c1-17-4-10-22(11-5-17)32(37(35,36)23-12-8-20(27)9-13-23)16-25(33)31(18(2)26(34)30-3)15-19-6-7-21(28)14-24(19)29/h4-14,18H,15-16H2,1-3H3,(H,30,34). The first kappa shape index (κ1) is 28.8. The average Bonchev–Trinajstić information content (AvgIpc) is 2.86. The minimum absolute atomic E-state index is 0.0306. The van der Waals surface area contributed by atoms with Crippen molar-refractivity contribution < 1.29 is 18.0 Å². The van der Waals surface area contributed by atoms with E-state index in [9.17, 15) is 18.0 Å². The number of benzene rings is 3. The number of hydrogen-bond donors (Lipinski definition) is 1. The summed E-state index contributed by atoms with van der Waals surface area (Å²) in [7, 11) is -2.71. The molecular formula is C26H26Cl3N3O4S. The van der Waals surface area contributed by atoms with Crippen LogP contribution in [0.15, 0.2) is 71.6 Å². The van der Waals surface area contributed by atoms with Crippen molar-refractivity contribution in [3.8, 4) is 0 Å². The number of carbonyl (C=O) groups excluding carboxylic acids is 2. The molecule has 3 aromatic carbocycles. The maximum atomic E-state index is 13.7. The lowest BCUT2D eigenvalue weighted by atomic mass is 10.1. The van der Waals surface area contributed by atoms with Gasteiger partial charge in [-0.3, -0.25) is 13.9 Å². The van der Waals surface area contributed by atoms with Crippen LogP contribution in [-0.2, 0) is 26.2 Å². The number of nitrogens with zero attached hydrogens (tertiary/aromatic N) is 2. The number of hydrogen-bond acceptors (Lipinski definition) is 4. The predicted molar refractivity (Wildman–Crippen MR) is 148 cm³/mol. The van der Waals surface area contributed by atoms with Gasteiger partial charge in [0.25, 0.3) is 10.0 Å². The summed E-state index contributed by atoms with van der Waals surface area (Å²) >= 11 is 18.3. The van der Waals surface area contributed by atoms with Crippen molar-refractivity contribution in [3.05, 3.63) is 92.9 Å². The number of halogens is 3. The van der Waals surface area contributed by atoms with E-state index in [1.54, 1.807) is 43.3 Å². The second kappa shape index (κ2) is 12.2. The summed E-state index contributed by atoms with van der Waals surface area (Å²) in [6.07, 6.45) is 0. The average molecular weight is 583 g/mol. The van der Waals surface area contributed by atoms with E-state index < -0.39 is 34.4 Å². The molecule has 0 aromatic heterocycles. The third-order valence-corrected chi connectivity index (χ3v) is 8.40. The molecule has 1 N–H and O–H groups in total. The van der Waals surface area contributed by atoms with Crippen molar-refractivity contribution in [2.75, 3.05) is 17.9 Å². The Kier molecular flexibility index (Phi) is 9.47. The summed E-state index contributed by atoms with van der Waals surface area (Å²) in [4.78, 5) is 27.5. The zero-order valence-electron chi connectivity index (χ0n) is 20.4. The number of anilines is 1. The highest BCUT2D eigenvalue weighted by atomic mass is 35.5. The zero-order valence-corrected chi connectivity index (χ0v) is 23.5. The quantitative estimate of drug-likeness (QED) is 0.370. The topological polar surface area (TPSA) is 86.8 Å². The third kappa shape index (κ3) is 6.96. The predicted octanol–water partition coefficient (Wildman–Crippen LogP) is 5.31. The molecule has 0 saturated heterocycles. The van der Waals surface area contributed by atoms with Crippen LogP contribution in [0.4, 0.5) is 5.69 Å². The van der Waals surface area contributed by atoms with Gasteiger partial charge in [0.05, 0.1) is 10.6 Å². The Morgan fingerprint density at radius 1 is 0.919 bits per heavy atom. The van der Waals surface area contributed by atoms with Crippen LogP contribution >= 0.6 is 34.8 Å². The lowest BCUT2D eigenvalue weighted by molar-refractivity contribution is -0.139. The summed E-state index contributed by atoms with van der Waals surface area (Å²) < 4.78 is 28.4. The summed E-state index contributed by atoms with van der Waals surface area (Å²) in [6.45, 7) is 2.84. The number of amides is 2. The fourth-order valence-electron chi connectivity index (χ4n) is 3.60. The number of sulfonamides is 1. The highest BCUT2D eigenvalue weighted by molar-refractivity contribution is 7.92. The fraction of sp³-hybridized carbons (Fsp3) is 0.231. The Labute approximate surface area is 232 Å². The van der Waals surface area contributed by atoms with Gasteiger partial charge in [-0.2, -0.15) is 0 Å². The molecule has 7 nitrogen and oxygen atoms in total. The van der Waals surface area contributed by atoms with Crippen molar-refractivity contribution in [2.45, 2.75) is 31.3 Å². The van der Waals surface area contributed by atoms with E-state index in [1.807, 2.05) is 6.92 Å². The van der Waals surface area contributed by atoms with E-state index in [1.165, 1.54) is 42.3 Å². The van der Waals surface area contributed by atoms with Gasteiger partial charge in [0.2, 0.25) is 11.8 Å². The lowest BCUT2D eigenvalue weighted by Crippen LogP contribution is -2.50.